The standard InChI is InChI=1S/C22H32N4O7S2/c1-3-23(4-2)34(30,31)19-7-9-20(10-8-19)35(32,33)24-11-5-6-16(13-24)21(27)25-14-18-12-17(25)15-26(18)22(28)29/h7-10,16-18H,3-6,11-15H2,1-2H3,(H,28,29)/t16-,17+,18+/m1/s1. The number of likely N-dealkylation sites (tertiary alicyclic amines) is 2. The van der Waals surface area contributed by atoms with Gasteiger partial charge in [0.1, 0.15) is 0 Å². The molecule has 35 heavy (non-hydrogen) atoms. The van der Waals surface area contributed by atoms with Gasteiger partial charge >= 0.3 is 6.09 Å². The van der Waals surface area contributed by atoms with E-state index in [0.29, 0.717) is 45.4 Å². The van der Waals surface area contributed by atoms with Crippen molar-refractivity contribution < 1.29 is 31.5 Å². The Bertz CT molecular complexity index is 1180. The van der Waals surface area contributed by atoms with Crippen molar-refractivity contribution >= 4 is 32.0 Å². The van der Waals surface area contributed by atoms with Gasteiger partial charge in [0.15, 0.2) is 0 Å². The number of rotatable bonds is 7. The summed E-state index contributed by atoms with van der Waals surface area (Å²) in [7, 11) is -7.60. The Morgan fingerprint density at radius 3 is 2.06 bits per heavy atom. The highest BCUT2D eigenvalue weighted by Crippen LogP contribution is 2.34. The van der Waals surface area contributed by atoms with Crippen molar-refractivity contribution in [3.63, 3.8) is 0 Å². The van der Waals surface area contributed by atoms with E-state index >= 15 is 0 Å². The first-order chi connectivity index (χ1) is 16.5. The summed E-state index contributed by atoms with van der Waals surface area (Å²) in [5.74, 6) is -0.610. The zero-order valence-electron chi connectivity index (χ0n) is 19.9. The van der Waals surface area contributed by atoms with Crippen molar-refractivity contribution in [1.29, 1.82) is 0 Å². The Morgan fingerprint density at radius 2 is 1.51 bits per heavy atom. The minimum atomic E-state index is -3.91. The molecule has 194 valence electrons. The van der Waals surface area contributed by atoms with E-state index in [1.807, 2.05) is 0 Å². The van der Waals surface area contributed by atoms with Crippen LogP contribution in [0.4, 0.5) is 4.79 Å². The minimum absolute atomic E-state index is 0.0126. The lowest BCUT2D eigenvalue weighted by Gasteiger charge is -2.37. The maximum absolute atomic E-state index is 13.3. The highest BCUT2D eigenvalue weighted by atomic mass is 32.2. The first kappa shape index (κ1) is 25.9. The first-order valence-corrected chi connectivity index (χ1v) is 14.8. The number of carbonyl (C=O) groups excluding carboxylic acids is 1. The van der Waals surface area contributed by atoms with Crippen molar-refractivity contribution in [1.82, 2.24) is 18.4 Å². The Labute approximate surface area is 206 Å². The Balaban J connectivity index is 1.46. The predicted octanol–water partition coefficient (Wildman–Crippen LogP) is 1.08. The molecule has 3 aliphatic rings. The molecule has 3 heterocycles. The molecular weight excluding hydrogens is 496 g/mol. The van der Waals surface area contributed by atoms with Crippen LogP contribution in [0, 0.1) is 5.92 Å². The topological polar surface area (TPSA) is 136 Å². The van der Waals surface area contributed by atoms with Crippen LogP contribution in [-0.2, 0) is 24.8 Å². The van der Waals surface area contributed by atoms with E-state index in [9.17, 15) is 31.5 Å². The summed E-state index contributed by atoms with van der Waals surface area (Å²) in [4.78, 5) is 27.6. The molecule has 13 heteroatoms. The van der Waals surface area contributed by atoms with Gasteiger partial charge in [0.2, 0.25) is 26.0 Å². The van der Waals surface area contributed by atoms with Crippen LogP contribution in [0.2, 0.25) is 0 Å². The number of carboxylic acid groups (broad SMARTS) is 1. The smallest absolute Gasteiger partial charge is 0.407 e. The molecule has 1 N–H and O–H groups in total. The van der Waals surface area contributed by atoms with Crippen LogP contribution in [0.5, 0.6) is 0 Å². The first-order valence-electron chi connectivity index (χ1n) is 11.9. The maximum Gasteiger partial charge on any atom is 0.407 e. The summed E-state index contributed by atoms with van der Waals surface area (Å²) in [5, 5.41) is 9.27. The van der Waals surface area contributed by atoms with E-state index in [1.54, 1.807) is 18.7 Å². The van der Waals surface area contributed by atoms with Gasteiger partial charge in [-0.05, 0) is 43.5 Å². The monoisotopic (exact) mass is 528 g/mol. The van der Waals surface area contributed by atoms with Gasteiger partial charge in [-0.3, -0.25) is 4.79 Å². The molecule has 4 rings (SSSR count). The molecule has 0 saturated carbocycles. The lowest BCUT2D eigenvalue weighted by atomic mass is 9.97. The molecule has 2 bridgehead atoms. The molecule has 0 radical (unpaired) electrons. The van der Waals surface area contributed by atoms with E-state index in [0.717, 1.165) is 0 Å². The van der Waals surface area contributed by atoms with Crippen LogP contribution in [0.3, 0.4) is 0 Å². The van der Waals surface area contributed by atoms with Gasteiger partial charge in [-0.2, -0.15) is 8.61 Å². The molecule has 1 aromatic rings. The number of sulfonamides is 2. The highest BCUT2D eigenvalue weighted by Gasteiger charge is 2.49. The van der Waals surface area contributed by atoms with Gasteiger partial charge in [-0.15, -0.1) is 0 Å². The van der Waals surface area contributed by atoms with E-state index in [2.05, 4.69) is 0 Å². The van der Waals surface area contributed by atoms with E-state index in [4.69, 9.17) is 0 Å². The van der Waals surface area contributed by atoms with Crippen molar-refractivity contribution in [2.24, 2.45) is 5.92 Å². The van der Waals surface area contributed by atoms with Crippen molar-refractivity contribution in [2.45, 2.75) is 55.0 Å². The molecule has 0 spiro atoms. The fourth-order valence-corrected chi connectivity index (χ4v) is 8.40. The minimum Gasteiger partial charge on any atom is -0.465 e. The van der Waals surface area contributed by atoms with Gasteiger partial charge in [-0.1, -0.05) is 13.8 Å². The van der Waals surface area contributed by atoms with Crippen molar-refractivity contribution in [3.8, 4) is 0 Å². The fourth-order valence-electron chi connectivity index (χ4n) is 5.41. The lowest BCUT2D eigenvalue weighted by molar-refractivity contribution is -0.138. The molecule has 3 saturated heterocycles. The lowest BCUT2D eigenvalue weighted by Crippen LogP contribution is -2.53. The Kier molecular flexibility index (Phi) is 7.15. The molecule has 0 unspecified atom stereocenters. The van der Waals surface area contributed by atoms with E-state index < -0.39 is 32.1 Å². The number of carbonyl (C=O) groups is 2. The number of nitrogens with zero attached hydrogens (tertiary/aromatic N) is 4. The number of fused-ring (bicyclic) bond motifs is 2. The molecule has 3 aliphatic heterocycles. The molecule has 0 aromatic heterocycles. The van der Waals surface area contributed by atoms with Gasteiger partial charge in [0.25, 0.3) is 0 Å². The summed E-state index contributed by atoms with van der Waals surface area (Å²) in [6.45, 7) is 5.09. The van der Waals surface area contributed by atoms with Crippen molar-refractivity contribution in [2.75, 3.05) is 39.3 Å². The summed E-state index contributed by atoms with van der Waals surface area (Å²) < 4.78 is 54.6. The average Bonchev–Trinajstić information content (AvgIpc) is 3.46. The maximum atomic E-state index is 13.3. The highest BCUT2D eigenvalue weighted by molar-refractivity contribution is 7.89. The zero-order chi connectivity index (χ0) is 25.5. The van der Waals surface area contributed by atoms with Gasteiger partial charge < -0.3 is 14.9 Å². The second-order valence-corrected chi connectivity index (χ2v) is 13.1. The number of piperazine rings is 1. The second-order valence-electron chi connectivity index (χ2n) is 9.23. The van der Waals surface area contributed by atoms with E-state index in [-0.39, 0.29) is 40.9 Å². The zero-order valence-corrected chi connectivity index (χ0v) is 21.5. The third kappa shape index (κ3) is 4.66. The fraction of sp³-hybridized carbons (Fsp3) is 0.636. The van der Waals surface area contributed by atoms with Gasteiger partial charge in [0, 0.05) is 39.3 Å². The summed E-state index contributed by atoms with van der Waals surface area (Å²) in [5.41, 5.74) is 0. The van der Waals surface area contributed by atoms with Crippen LogP contribution < -0.4 is 0 Å². The van der Waals surface area contributed by atoms with Crippen LogP contribution in [-0.4, -0.2) is 104 Å². The average molecular weight is 529 g/mol. The second kappa shape index (κ2) is 9.68. The molecule has 0 aliphatic carbocycles. The SMILES string of the molecule is CCN(CC)S(=O)(=O)c1ccc(S(=O)(=O)N2CCC[C@@H](C(=O)N3C[C@@H]4C[C@H]3CN4C(=O)O)C2)cc1. The number of benzene rings is 1. The van der Waals surface area contributed by atoms with Gasteiger partial charge in [0.05, 0.1) is 27.8 Å². The van der Waals surface area contributed by atoms with Crippen LogP contribution >= 0.6 is 0 Å². The van der Waals surface area contributed by atoms with Gasteiger partial charge in [-0.25, -0.2) is 21.6 Å². The normalized spacial score (nSPS) is 25.4. The van der Waals surface area contributed by atoms with Crippen LogP contribution in [0.25, 0.3) is 0 Å². The summed E-state index contributed by atoms with van der Waals surface area (Å²) >= 11 is 0. The molecule has 1 aromatic carbocycles. The molecule has 3 atom stereocenters. The summed E-state index contributed by atoms with van der Waals surface area (Å²) in [6, 6.07) is 4.87. The Morgan fingerprint density at radius 1 is 0.943 bits per heavy atom. The Hall–Kier alpha value is -2.22. The molecule has 3 fully saturated rings. The third-order valence-corrected chi connectivity index (χ3v) is 11.3. The quantitative estimate of drug-likeness (QED) is 0.559. The third-order valence-electron chi connectivity index (χ3n) is 7.31. The summed E-state index contributed by atoms with van der Waals surface area (Å²) in [6.07, 6.45) is 0.751. The number of amides is 2. The molecule has 2 amide bonds. The van der Waals surface area contributed by atoms with Crippen LogP contribution in [0.1, 0.15) is 33.1 Å². The number of piperidine rings is 1. The predicted molar refractivity (Wildman–Crippen MR) is 127 cm³/mol. The number of hydrogen-bond acceptors (Lipinski definition) is 6. The largest absolute Gasteiger partial charge is 0.465 e. The number of hydrogen-bond donors (Lipinski definition) is 1. The molecule has 11 nitrogen and oxygen atoms in total. The van der Waals surface area contributed by atoms with Crippen molar-refractivity contribution in [3.05, 3.63) is 24.3 Å². The van der Waals surface area contributed by atoms with E-state index in [1.165, 1.54) is 37.8 Å². The molecular formula is C22H32N4O7S2. The van der Waals surface area contributed by atoms with Crippen LogP contribution in [0.15, 0.2) is 34.1 Å².